The second-order valence-corrected chi connectivity index (χ2v) is 8.98. The molecule has 0 N–H and O–H groups in total. The number of rotatable bonds is 3. The van der Waals surface area contributed by atoms with Crippen LogP contribution in [-0.4, -0.2) is 17.3 Å². The van der Waals surface area contributed by atoms with Gasteiger partial charge in [0.25, 0.3) is 5.91 Å². The fourth-order valence-electron chi connectivity index (χ4n) is 2.36. The number of ether oxygens (including phenoxy) is 1. The molecular formula is C17H9Br2ClFNO2S2. The lowest BCUT2D eigenvalue weighted by Crippen LogP contribution is -2.27. The molecule has 1 fully saturated rings. The molecular weight excluding hydrogens is 529 g/mol. The van der Waals surface area contributed by atoms with Crippen molar-refractivity contribution in [2.75, 3.05) is 12.0 Å². The Balaban J connectivity index is 2.01. The van der Waals surface area contributed by atoms with E-state index < -0.39 is 5.82 Å². The molecule has 0 atom stereocenters. The molecule has 1 saturated heterocycles. The third-order valence-electron chi connectivity index (χ3n) is 3.48. The molecule has 0 aliphatic carbocycles. The smallest absolute Gasteiger partial charge is 0.270 e. The van der Waals surface area contributed by atoms with Gasteiger partial charge in [-0.15, -0.1) is 0 Å². The van der Waals surface area contributed by atoms with Crippen molar-refractivity contribution in [3.8, 4) is 5.75 Å². The van der Waals surface area contributed by atoms with Gasteiger partial charge >= 0.3 is 0 Å². The number of thiocarbonyl (C=S) groups is 1. The molecule has 0 spiro atoms. The van der Waals surface area contributed by atoms with E-state index in [1.54, 1.807) is 13.2 Å². The number of hydrogen-bond donors (Lipinski definition) is 0. The quantitative estimate of drug-likeness (QED) is 0.334. The summed E-state index contributed by atoms with van der Waals surface area (Å²) in [5, 5.41) is -0.0712. The highest BCUT2D eigenvalue weighted by Crippen LogP contribution is 2.40. The van der Waals surface area contributed by atoms with E-state index in [1.807, 2.05) is 12.1 Å². The predicted molar refractivity (Wildman–Crippen MR) is 115 cm³/mol. The molecule has 1 amide bonds. The molecule has 1 aliphatic heterocycles. The lowest BCUT2D eigenvalue weighted by molar-refractivity contribution is -0.113. The molecule has 3 nitrogen and oxygen atoms in total. The number of halogens is 4. The second-order valence-electron chi connectivity index (χ2n) is 5.13. The molecule has 0 bridgehead atoms. The van der Waals surface area contributed by atoms with Crippen molar-refractivity contribution >= 4 is 89.4 Å². The van der Waals surface area contributed by atoms with Gasteiger partial charge in [0.15, 0.2) is 4.32 Å². The van der Waals surface area contributed by atoms with Crippen LogP contribution >= 0.6 is 67.4 Å². The SMILES string of the molecule is COc1c(Br)cc(Br)cc1/C=C1/SC(=S)N(c2ccc(F)c(Cl)c2)C1=O. The molecule has 0 radical (unpaired) electrons. The molecule has 134 valence electrons. The molecule has 3 rings (SSSR count). The minimum Gasteiger partial charge on any atom is -0.495 e. The average Bonchev–Trinajstić information content (AvgIpc) is 2.84. The molecule has 1 heterocycles. The highest BCUT2D eigenvalue weighted by molar-refractivity contribution is 9.11. The molecule has 2 aromatic rings. The third kappa shape index (κ3) is 3.84. The zero-order valence-electron chi connectivity index (χ0n) is 13.1. The Hall–Kier alpha value is -0.930. The van der Waals surface area contributed by atoms with E-state index in [2.05, 4.69) is 31.9 Å². The van der Waals surface area contributed by atoms with E-state index >= 15 is 0 Å². The summed E-state index contributed by atoms with van der Waals surface area (Å²) in [4.78, 5) is 14.6. The molecule has 26 heavy (non-hydrogen) atoms. The molecule has 0 aromatic heterocycles. The lowest BCUT2D eigenvalue weighted by Gasteiger charge is -2.15. The van der Waals surface area contributed by atoms with E-state index in [4.69, 9.17) is 28.6 Å². The number of methoxy groups -OCH3 is 1. The van der Waals surface area contributed by atoms with Crippen molar-refractivity contribution in [3.05, 3.63) is 60.6 Å². The van der Waals surface area contributed by atoms with E-state index in [0.717, 1.165) is 20.7 Å². The fourth-order valence-corrected chi connectivity index (χ4v) is 5.24. The summed E-state index contributed by atoms with van der Waals surface area (Å²) >= 11 is 19.2. The Morgan fingerprint density at radius 1 is 1.31 bits per heavy atom. The number of benzene rings is 2. The van der Waals surface area contributed by atoms with Crippen LogP contribution in [0.5, 0.6) is 5.75 Å². The van der Waals surface area contributed by atoms with Crippen LogP contribution in [0.1, 0.15) is 5.56 Å². The zero-order valence-corrected chi connectivity index (χ0v) is 18.6. The van der Waals surface area contributed by atoms with Crippen molar-refractivity contribution in [2.45, 2.75) is 0 Å². The van der Waals surface area contributed by atoms with Crippen LogP contribution in [0.25, 0.3) is 6.08 Å². The van der Waals surface area contributed by atoms with Gasteiger partial charge in [0, 0.05) is 10.0 Å². The third-order valence-corrected chi connectivity index (χ3v) is 6.12. The number of amides is 1. The maximum atomic E-state index is 13.4. The Morgan fingerprint density at radius 3 is 2.69 bits per heavy atom. The molecule has 2 aromatic carbocycles. The number of nitrogens with zero attached hydrogens (tertiary/aromatic N) is 1. The maximum Gasteiger partial charge on any atom is 0.270 e. The first-order valence-corrected chi connectivity index (χ1v) is 10.3. The van der Waals surface area contributed by atoms with Gasteiger partial charge in [0.1, 0.15) is 11.6 Å². The van der Waals surface area contributed by atoms with Crippen LogP contribution in [0.15, 0.2) is 44.2 Å². The van der Waals surface area contributed by atoms with E-state index in [1.165, 1.54) is 23.1 Å². The van der Waals surface area contributed by atoms with Gasteiger partial charge in [-0.1, -0.05) is 51.5 Å². The Morgan fingerprint density at radius 2 is 2.04 bits per heavy atom. The van der Waals surface area contributed by atoms with Crippen LogP contribution < -0.4 is 9.64 Å². The van der Waals surface area contributed by atoms with Gasteiger partial charge in [-0.25, -0.2) is 4.39 Å². The summed E-state index contributed by atoms with van der Waals surface area (Å²) in [5.74, 6) is -0.260. The van der Waals surface area contributed by atoms with Crippen LogP contribution in [0.4, 0.5) is 10.1 Å². The van der Waals surface area contributed by atoms with Crippen molar-refractivity contribution in [3.63, 3.8) is 0 Å². The number of anilines is 1. The van der Waals surface area contributed by atoms with E-state index in [9.17, 15) is 9.18 Å². The fraction of sp³-hybridized carbons (Fsp3) is 0.0588. The van der Waals surface area contributed by atoms with Crippen molar-refractivity contribution in [2.24, 2.45) is 0 Å². The van der Waals surface area contributed by atoms with Crippen LogP contribution in [-0.2, 0) is 4.79 Å². The first kappa shape index (κ1) is 19.8. The molecule has 9 heteroatoms. The number of carbonyl (C=O) groups excluding carboxylic acids is 1. The standard InChI is InChI=1S/C17H9Br2ClFNO2S2/c1-24-15-8(4-9(18)6-11(15)19)5-14-16(23)22(17(25)26-14)10-2-3-13(21)12(20)7-10/h2-7H,1H3/b14-5+. The summed E-state index contributed by atoms with van der Waals surface area (Å²) in [6, 6.07) is 7.73. The first-order chi connectivity index (χ1) is 12.3. The topological polar surface area (TPSA) is 29.5 Å². The molecule has 0 unspecified atom stereocenters. The minimum absolute atomic E-state index is 0.0712. The predicted octanol–water partition coefficient (Wildman–Crippen LogP) is 6.42. The van der Waals surface area contributed by atoms with Crippen molar-refractivity contribution in [1.29, 1.82) is 0 Å². The van der Waals surface area contributed by atoms with Gasteiger partial charge in [-0.3, -0.25) is 9.69 Å². The summed E-state index contributed by atoms with van der Waals surface area (Å²) in [5.41, 5.74) is 1.14. The maximum absolute atomic E-state index is 13.4. The number of carbonyl (C=O) groups is 1. The van der Waals surface area contributed by atoms with Gasteiger partial charge in [-0.05, 0) is 52.3 Å². The summed E-state index contributed by atoms with van der Waals surface area (Å²) in [6.07, 6.45) is 1.71. The summed E-state index contributed by atoms with van der Waals surface area (Å²) < 4.78 is 20.7. The second kappa shape index (κ2) is 7.98. The van der Waals surface area contributed by atoms with Gasteiger partial charge in [0.2, 0.25) is 0 Å². The van der Waals surface area contributed by atoms with Crippen molar-refractivity contribution in [1.82, 2.24) is 0 Å². The first-order valence-electron chi connectivity index (χ1n) is 7.08. The molecule has 0 saturated carbocycles. The summed E-state index contributed by atoms with van der Waals surface area (Å²) in [7, 11) is 1.55. The van der Waals surface area contributed by atoms with Crippen LogP contribution in [0.3, 0.4) is 0 Å². The zero-order chi connectivity index (χ0) is 19.0. The van der Waals surface area contributed by atoms with Crippen LogP contribution in [0.2, 0.25) is 5.02 Å². The minimum atomic E-state index is -0.555. The van der Waals surface area contributed by atoms with Crippen LogP contribution in [0, 0.1) is 5.82 Å². The van der Waals surface area contributed by atoms with Gasteiger partial charge < -0.3 is 4.74 Å². The van der Waals surface area contributed by atoms with E-state index in [0.29, 0.717) is 26.2 Å². The monoisotopic (exact) mass is 535 g/mol. The lowest BCUT2D eigenvalue weighted by atomic mass is 10.2. The Kier molecular flexibility index (Phi) is 6.08. The average molecular weight is 538 g/mol. The molecule has 1 aliphatic rings. The van der Waals surface area contributed by atoms with Gasteiger partial charge in [-0.2, -0.15) is 0 Å². The van der Waals surface area contributed by atoms with E-state index in [-0.39, 0.29) is 10.9 Å². The normalized spacial score (nSPS) is 15.9. The largest absolute Gasteiger partial charge is 0.495 e. The van der Waals surface area contributed by atoms with Gasteiger partial charge in [0.05, 0.1) is 27.2 Å². The Bertz CT molecular complexity index is 968. The number of thioether (sulfide) groups is 1. The summed E-state index contributed by atoms with van der Waals surface area (Å²) in [6.45, 7) is 0. The Labute approximate surface area is 180 Å². The highest BCUT2D eigenvalue weighted by atomic mass is 79.9. The van der Waals surface area contributed by atoms with Crippen molar-refractivity contribution < 1.29 is 13.9 Å². The highest BCUT2D eigenvalue weighted by Gasteiger charge is 2.34. The number of hydrogen-bond acceptors (Lipinski definition) is 4.